The Balaban J connectivity index is 1.42. The van der Waals surface area contributed by atoms with Gasteiger partial charge in [-0.25, -0.2) is 4.79 Å². The number of esters is 1. The zero-order valence-corrected chi connectivity index (χ0v) is 21.6. The molecular weight excluding hydrogens is 474 g/mol. The Hall–Kier alpha value is -1.67. The highest BCUT2D eigenvalue weighted by atomic mass is 35.5. The summed E-state index contributed by atoms with van der Waals surface area (Å²) in [6, 6.07) is 8.02. The summed E-state index contributed by atoms with van der Waals surface area (Å²) in [6.07, 6.45) is 6.74. The molecule has 1 fully saturated rings. The number of anilines is 1. The molecule has 1 aliphatic heterocycles. The quantitative estimate of drug-likeness (QED) is 0.412. The molecule has 33 heavy (non-hydrogen) atoms. The van der Waals surface area contributed by atoms with Crippen molar-refractivity contribution in [3.8, 4) is 0 Å². The van der Waals surface area contributed by atoms with Gasteiger partial charge < -0.3 is 15.0 Å². The maximum atomic E-state index is 12.9. The highest BCUT2D eigenvalue weighted by Gasteiger charge is 2.27. The Morgan fingerprint density at radius 2 is 1.85 bits per heavy atom. The van der Waals surface area contributed by atoms with Gasteiger partial charge in [-0.2, -0.15) is 0 Å². The number of aryl methyl sites for hydroxylation is 1. The molecule has 0 bridgehead atoms. The fourth-order valence-electron chi connectivity index (χ4n) is 4.58. The maximum absolute atomic E-state index is 12.9. The van der Waals surface area contributed by atoms with Gasteiger partial charge in [0.25, 0.3) is 0 Å². The van der Waals surface area contributed by atoms with E-state index in [2.05, 4.69) is 21.2 Å². The van der Waals surface area contributed by atoms with Crippen molar-refractivity contribution < 1.29 is 9.53 Å². The van der Waals surface area contributed by atoms with Crippen LogP contribution in [0.4, 0.5) is 5.00 Å². The van der Waals surface area contributed by atoms with Gasteiger partial charge >= 0.3 is 5.97 Å². The van der Waals surface area contributed by atoms with Crippen molar-refractivity contribution in [3.63, 3.8) is 0 Å². The van der Waals surface area contributed by atoms with Crippen LogP contribution in [0.5, 0.6) is 0 Å². The third-order valence-electron chi connectivity index (χ3n) is 6.38. The summed E-state index contributed by atoms with van der Waals surface area (Å²) in [6.45, 7) is 6.59. The van der Waals surface area contributed by atoms with E-state index in [0.717, 1.165) is 67.6 Å². The molecule has 0 saturated carbocycles. The molecule has 0 amide bonds. The van der Waals surface area contributed by atoms with Crippen molar-refractivity contribution in [3.05, 3.63) is 50.9 Å². The molecular formula is C25H32ClN3O2S2. The zero-order valence-electron chi connectivity index (χ0n) is 19.2. The molecule has 4 rings (SSSR count). The summed E-state index contributed by atoms with van der Waals surface area (Å²) >= 11 is 13.8. The van der Waals surface area contributed by atoms with E-state index >= 15 is 0 Å². The van der Waals surface area contributed by atoms with Gasteiger partial charge in [0.2, 0.25) is 0 Å². The van der Waals surface area contributed by atoms with Crippen LogP contribution in [-0.4, -0.2) is 53.7 Å². The number of benzene rings is 1. The minimum atomic E-state index is -0.231. The van der Waals surface area contributed by atoms with Crippen LogP contribution < -0.4 is 5.32 Å². The van der Waals surface area contributed by atoms with Crippen LogP contribution in [0.2, 0.25) is 5.02 Å². The van der Waals surface area contributed by atoms with Crippen LogP contribution in [0.25, 0.3) is 0 Å². The van der Waals surface area contributed by atoms with Crippen LogP contribution in [0.3, 0.4) is 0 Å². The number of fused-ring (bicyclic) bond motifs is 1. The van der Waals surface area contributed by atoms with Crippen LogP contribution in [0.1, 0.15) is 59.0 Å². The molecule has 178 valence electrons. The Bertz CT molecular complexity index is 986. The van der Waals surface area contributed by atoms with Crippen LogP contribution in [0.15, 0.2) is 24.3 Å². The molecule has 1 aliphatic carbocycles. The summed E-state index contributed by atoms with van der Waals surface area (Å²) in [7, 11) is 0. The van der Waals surface area contributed by atoms with E-state index in [1.165, 1.54) is 29.7 Å². The number of rotatable bonds is 5. The number of carbonyl (C=O) groups excluding carboxylic acids is 1. The number of piperazine rings is 1. The lowest BCUT2D eigenvalue weighted by Gasteiger charge is -2.36. The van der Waals surface area contributed by atoms with Gasteiger partial charge in [0.1, 0.15) is 5.00 Å². The van der Waals surface area contributed by atoms with Crippen LogP contribution >= 0.6 is 35.2 Å². The summed E-state index contributed by atoms with van der Waals surface area (Å²) in [5.74, 6) is -0.231. The number of hydrogen-bond acceptors (Lipinski definition) is 5. The van der Waals surface area contributed by atoms with Gasteiger partial charge in [-0.05, 0) is 62.0 Å². The summed E-state index contributed by atoms with van der Waals surface area (Å²) in [5, 5.41) is 5.78. The van der Waals surface area contributed by atoms with Gasteiger partial charge in [0, 0.05) is 42.6 Å². The first-order valence-corrected chi connectivity index (χ1v) is 13.5. The third kappa shape index (κ3) is 6.07. The van der Waals surface area contributed by atoms with Gasteiger partial charge in [0.15, 0.2) is 5.11 Å². The molecule has 0 spiro atoms. The van der Waals surface area contributed by atoms with Crippen molar-refractivity contribution in [1.29, 1.82) is 0 Å². The van der Waals surface area contributed by atoms with Gasteiger partial charge in [-0.1, -0.05) is 42.6 Å². The molecule has 0 atom stereocenters. The SMILES string of the molecule is CCOC(=O)c1c(NC(=S)N2CCN(Cc3ccccc3Cl)CC2)sc2c1CCCCCC2. The van der Waals surface area contributed by atoms with Crippen molar-refractivity contribution in [2.24, 2.45) is 0 Å². The van der Waals surface area contributed by atoms with Crippen LogP contribution in [0, 0.1) is 0 Å². The second kappa shape index (κ2) is 11.6. The van der Waals surface area contributed by atoms with Crippen molar-refractivity contribution >= 4 is 51.2 Å². The maximum Gasteiger partial charge on any atom is 0.341 e. The molecule has 1 N–H and O–H groups in total. The van der Waals surface area contributed by atoms with E-state index in [1.54, 1.807) is 11.3 Å². The minimum Gasteiger partial charge on any atom is -0.462 e. The van der Waals surface area contributed by atoms with E-state index in [9.17, 15) is 4.79 Å². The average Bonchev–Trinajstić information content (AvgIpc) is 3.12. The van der Waals surface area contributed by atoms with Gasteiger partial charge in [-0.3, -0.25) is 4.90 Å². The number of halogens is 1. The fraction of sp³-hybridized carbons (Fsp3) is 0.520. The van der Waals surface area contributed by atoms with E-state index in [4.69, 9.17) is 28.6 Å². The second-order valence-corrected chi connectivity index (χ2v) is 10.5. The number of thiocarbonyl (C=S) groups is 1. The first-order chi connectivity index (χ1) is 16.1. The number of nitrogens with one attached hydrogen (secondary N) is 1. The van der Waals surface area contributed by atoms with E-state index in [1.807, 2.05) is 25.1 Å². The molecule has 1 aromatic heterocycles. The zero-order chi connectivity index (χ0) is 23.2. The fourth-order valence-corrected chi connectivity index (χ4v) is 6.40. The van der Waals surface area contributed by atoms with Gasteiger partial charge in [-0.15, -0.1) is 11.3 Å². The second-order valence-electron chi connectivity index (χ2n) is 8.63. The largest absolute Gasteiger partial charge is 0.462 e. The lowest BCUT2D eigenvalue weighted by molar-refractivity contribution is 0.0526. The number of nitrogens with zero attached hydrogens (tertiary/aromatic N) is 2. The Kier molecular flexibility index (Phi) is 8.63. The summed E-state index contributed by atoms with van der Waals surface area (Å²) in [5.41, 5.74) is 3.04. The monoisotopic (exact) mass is 505 g/mol. The summed E-state index contributed by atoms with van der Waals surface area (Å²) in [4.78, 5) is 18.8. The molecule has 1 saturated heterocycles. The topological polar surface area (TPSA) is 44.8 Å². The first-order valence-electron chi connectivity index (χ1n) is 11.9. The predicted molar refractivity (Wildman–Crippen MR) is 141 cm³/mol. The molecule has 2 heterocycles. The minimum absolute atomic E-state index is 0.231. The highest BCUT2D eigenvalue weighted by molar-refractivity contribution is 7.80. The Morgan fingerprint density at radius 3 is 2.58 bits per heavy atom. The normalized spacial score (nSPS) is 17.1. The number of hydrogen-bond donors (Lipinski definition) is 1. The van der Waals surface area contributed by atoms with Crippen LogP contribution in [-0.2, 0) is 24.1 Å². The van der Waals surface area contributed by atoms with Crippen molar-refractivity contribution in [2.75, 3.05) is 38.1 Å². The van der Waals surface area contributed by atoms with Gasteiger partial charge in [0.05, 0.1) is 12.2 Å². The standard InChI is InChI=1S/C25H32ClN3O2S2/c1-2-31-24(30)22-19-10-5-3-4-6-12-21(19)33-23(22)27-25(32)29-15-13-28(14-16-29)17-18-9-7-8-11-20(18)26/h7-9,11H,2-6,10,12-17H2,1H3,(H,27,32). The van der Waals surface area contributed by atoms with E-state index in [-0.39, 0.29) is 5.97 Å². The average molecular weight is 506 g/mol. The van der Waals surface area contributed by atoms with Crippen molar-refractivity contribution in [2.45, 2.75) is 52.0 Å². The molecule has 1 aromatic carbocycles. The Labute approximate surface area is 211 Å². The molecule has 5 nitrogen and oxygen atoms in total. The lowest BCUT2D eigenvalue weighted by atomic mass is 9.96. The first kappa shape index (κ1) is 24.5. The highest BCUT2D eigenvalue weighted by Crippen LogP contribution is 2.38. The molecule has 0 radical (unpaired) electrons. The predicted octanol–water partition coefficient (Wildman–Crippen LogP) is 5.75. The smallest absolute Gasteiger partial charge is 0.341 e. The molecule has 8 heteroatoms. The number of ether oxygens (including phenoxy) is 1. The van der Waals surface area contributed by atoms with Crippen molar-refractivity contribution in [1.82, 2.24) is 9.80 Å². The Morgan fingerprint density at radius 1 is 1.12 bits per heavy atom. The molecule has 2 aromatic rings. The summed E-state index contributed by atoms with van der Waals surface area (Å²) < 4.78 is 5.43. The molecule has 2 aliphatic rings. The third-order valence-corrected chi connectivity index (χ3v) is 8.32. The number of carbonyl (C=O) groups is 1. The molecule has 0 unspecified atom stereocenters. The number of thiophene rings is 1. The lowest BCUT2D eigenvalue weighted by Crippen LogP contribution is -2.49. The van der Waals surface area contributed by atoms with E-state index in [0.29, 0.717) is 17.3 Å². The van der Waals surface area contributed by atoms with E-state index < -0.39 is 0 Å².